The highest BCUT2D eigenvalue weighted by atomic mass is 35.5. The third-order valence-electron chi connectivity index (χ3n) is 2.99. The minimum atomic E-state index is -0.0268. The van der Waals surface area contributed by atoms with Crippen molar-refractivity contribution in [3.63, 3.8) is 0 Å². The molecule has 0 spiro atoms. The van der Waals surface area contributed by atoms with Crippen molar-refractivity contribution >= 4 is 24.8 Å². The van der Waals surface area contributed by atoms with Crippen LogP contribution in [0.2, 0.25) is 0 Å². The summed E-state index contributed by atoms with van der Waals surface area (Å²) in [5, 5.41) is 3.18. The van der Waals surface area contributed by atoms with Gasteiger partial charge in [-0.15, -0.1) is 24.8 Å². The molecule has 2 aromatic rings. The lowest BCUT2D eigenvalue weighted by Gasteiger charge is -2.15. The average Bonchev–Trinajstić information content (AvgIpc) is 2.40. The maximum absolute atomic E-state index is 11.9. The largest absolute Gasteiger partial charge is 0.312 e. The van der Waals surface area contributed by atoms with Gasteiger partial charge in [0.1, 0.15) is 5.82 Å². The van der Waals surface area contributed by atoms with Crippen LogP contribution < -0.4 is 10.9 Å². The molecule has 0 aliphatic carbocycles. The number of H-pyrrole nitrogens is 1. The SMILES string of the molecule is Cl.Cl.O=c1[nH]c(-c2ccccc2)nc2c1CNCC2. The zero-order valence-electron chi connectivity index (χ0n) is 10.2. The second-order valence-corrected chi connectivity index (χ2v) is 4.13. The van der Waals surface area contributed by atoms with E-state index in [0.29, 0.717) is 12.4 Å². The summed E-state index contributed by atoms with van der Waals surface area (Å²) in [5.74, 6) is 0.663. The second kappa shape index (κ2) is 6.70. The quantitative estimate of drug-likeness (QED) is 0.846. The van der Waals surface area contributed by atoms with Gasteiger partial charge in [0, 0.05) is 25.1 Å². The van der Waals surface area contributed by atoms with Crippen molar-refractivity contribution in [2.45, 2.75) is 13.0 Å². The highest BCUT2D eigenvalue weighted by molar-refractivity contribution is 5.85. The third-order valence-corrected chi connectivity index (χ3v) is 2.99. The molecule has 1 aliphatic heterocycles. The van der Waals surface area contributed by atoms with Crippen LogP contribution in [-0.4, -0.2) is 16.5 Å². The molecular formula is C13H15Cl2N3O. The summed E-state index contributed by atoms with van der Waals surface area (Å²) < 4.78 is 0. The van der Waals surface area contributed by atoms with Crippen molar-refractivity contribution in [1.82, 2.24) is 15.3 Å². The molecular weight excluding hydrogens is 285 g/mol. The molecule has 19 heavy (non-hydrogen) atoms. The van der Waals surface area contributed by atoms with E-state index in [-0.39, 0.29) is 30.4 Å². The van der Waals surface area contributed by atoms with Crippen LogP contribution in [0, 0.1) is 0 Å². The van der Waals surface area contributed by atoms with Gasteiger partial charge in [0.2, 0.25) is 0 Å². The second-order valence-electron chi connectivity index (χ2n) is 4.13. The molecule has 4 nitrogen and oxygen atoms in total. The van der Waals surface area contributed by atoms with Gasteiger partial charge in [-0.25, -0.2) is 4.98 Å². The monoisotopic (exact) mass is 299 g/mol. The first kappa shape index (κ1) is 15.7. The van der Waals surface area contributed by atoms with Crippen molar-refractivity contribution in [3.8, 4) is 11.4 Å². The zero-order valence-corrected chi connectivity index (χ0v) is 11.8. The van der Waals surface area contributed by atoms with Crippen LogP contribution >= 0.6 is 24.8 Å². The molecule has 6 heteroatoms. The Bertz CT molecular complexity index is 599. The molecule has 0 saturated carbocycles. The molecule has 1 aromatic carbocycles. The van der Waals surface area contributed by atoms with Gasteiger partial charge < -0.3 is 10.3 Å². The summed E-state index contributed by atoms with van der Waals surface area (Å²) in [7, 11) is 0. The van der Waals surface area contributed by atoms with E-state index in [4.69, 9.17) is 0 Å². The Morgan fingerprint density at radius 2 is 1.84 bits per heavy atom. The van der Waals surface area contributed by atoms with Crippen molar-refractivity contribution in [3.05, 3.63) is 51.9 Å². The number of hydrogen-bond acceptors (Lipinski definition) is 3. The number of halogens is 2. The Kier molecular flexibility index (Phi) is 5.54. The summed E-state index contributed by atoms with van der Waals surface area (Å²) in [6, 6.07) is 9.73. The van der Waals surface area contributed by atoms with Crippen LogP contribution in [0.15, 0.2) is 35.1 Å². The first-order valence-electron chi connectivity index (χ1n) is 5.73. The molecule has 0 unspecified atom stereocenters. The van der Waals surface area contributed by atoms with Crippen molar-refractivity contribution in [1.29, 1.82) is 0 Å². The molecule has 2 heterocycles. The average molecular weight is 300 g/mol. The summed E-state index contributed by atoms with van der Waals surface area (Å²) in [4.78, 5) is 19.3. The first-order valence-corrected chi connectivity index (χ1v) is 5.73. The van der Waals surface area contributed by atoms with Gasteiger partial charge in [-0.05, 0) is 0 Å². The Morgan fingerprint density at radius 3 is 2.58 bits per heavy atom. The smallest absolute Gasteiger partial charge is 0.255 e. The van der Waals surface area contributed by atoms with E-state index in [0.717, 1.165) is 29.8 Å². The minimum absolute atomic E-state index is 0. The molecule has 0 atom stereocenters. The minimum Gasteiger partial charge on any atom is -0.312 e. The summed E-state index contributed by atoms with van der Waals surface area (Å²) >= 11 is 0. The summed E-state index contributed by atoms with van der Waals surface area (Å²) in [5.41, 5.74) is 2.62. The fourth-order valence-electron chi connectivity index (χ4n) is 2.09. The van der Waals surface area contributed by atoms with Gasteiger partial charge in [0.25, 0.3) is 5.56 Å². The Balaban J connectivity index is 0.000000902. The lowest BCUT2D eigenvalue weighted by Crippen LogP contribution is -2.31. The summed E-state index contributed by atoms with van der Waals surface area (Å²) in [6.45, 7) is 1.50. The molecule has 2 N–H and O–H groups in total. The van der Waals surface area contributed by atoms with Gasteiger partial charge in [0.15, 0.2) is 0 Å². The van der Waals surface area contributed by atoms with Crippen molar-refractivity contribution < 1.29 is 0 Å². The van der Waals surface area contributed by atoms with Crippen molar-refractivity contribution in [2.24, 2.45) is 0 Å². The normalized spacial score (nSPS) is 12.8. The molecule has 0 radical (unpaired) electrons. The molecule has 0 saturated heterocycles. The van der Waals surface area contributed by atoms with E-state index >= 15 is 0 Å². The van der Waals surface area contributed by atoms with Crippen LogP contribution in [0.1, 0.15) is 11.3 Å². The predicted molar refractivity (Wildman–Crippen MR) is 80.2 cm³/mol. The van der Waals surface area contributed by atoms with Crippen LogP contribution in [-0.2, 0) is 13.0 Å². The number of hydrogen-bond donors (Lipinski definition) is 2. The fraction of sp³-hybridized carbons (Fsp3) is 0.231. The number of aromatic amines is 1. The van der Waals surface area contributed by atoms with Gasteiger partial charge in [0.05, 0.1) is 11.3 Å². The maximum atomic E-state index is 11.9. The number of fused-ring (bicyclic) bond motifs is 1. The highest BCUT2D eigenvalue weighted by Gasteiger charge is 2.15. The topological polar surface area (TPSA) is 57.8 Å². The van der Waals surface area contributed by atoms with E-state index in [1.807, 2.05) is 30.3 Å². The zero-order chi connectivity index (χ0) is 11.7. The Labute approximate surface area is 123 Å². The molecule has 1 aromatic heterocycles. The Hall–Kier alpha value is -1.36. The number of rotatable bonds is 1. The van der Waals surface area contributed by atoms with E-state index in [2.05, 4.69) is 15.3 Å². The third kappa shape index (κ3) is 3.15. The van der Waals surface area contributed by atoms with Crippen LogP contribution in [0.5, 0.6) is 0 Å². The van der Waals surface area contributed by atoms with Gasteiger partial charge in [-0.1, -0.05) is 30.3 Å². The molecule has 1 aliphatic rings. The lowest BCUT2D eigenvalue weighted by atomic mass is 10.1. The highest BCUT2D eigenvalue weighted by Crippen LogP contribution is 2.15. The van der Waals surface area contributed by atoms with Crippen LogP contribution in [0.4, 0.5) is 0 Å². The van der Waals surface area contributed by atoms with E-state index < -0.39 is 0 Å². The van der Waals surface area contributed by atoms with Gasteiger partial charge in [-0.2, -0.15) is 0 Å². The Morgan fingerprint density at radius 1 is 1.11 bits per heavy atom. The predicted octanol–water partition coefficient (Wildman–Crippen LogP) is 1.93. The van der Waals surface area contributed by atoms with E-state index in [1.165, 1.54) is 0 Å². The molecule has 102 valence electrons. The number of aromatic nitrogens is 2. The number of benzene rings is 1. The number of nitrogens with one attached hydrogen (secondary N) is 2. The molecule has 0 amide bonds. The van der Waals surface area contributed by atoms with Crippen LogP contribution in [0.25, 0.3) is 11.4 Å². The van der Waals surface area contributed by atoms with E-state index in [9.17, 15) is 4.79 Å². The molecule has 0 fully saturated rings. The summed E-state index contributed by atoms with van der Waals surface area (Å²) in [6.07, 6.45) is 0.819. The van der Waals surface area contributed by atoms with Crippen molar-refractivity contribution in [2.75, 3.05) is 6.54 Å². The molecule has 0 bridgehead atoms. The maximum Gasteiger partial charge on any atom is 0.255 e. The first-order chi connectivity index (χ1) is 8.34. The number of nitrogens with zero attached hydrogens (tertiary/aromatic N) is 1. The van der Waals surface area contributed by atoms with Gasteiger partial charge >= 0.3 is 0 Å². The van der Waals surface area contributed by atoms with Gasteiger partial charge in [-0.3, -0.25) is 4.79 Å². The standard InChI is InChI=1S/C13H13N3O.2ClH/c17-13-10-8-14-7-6-11(10)15-12(16-13)9-4-2-1-3-5-9;;/h1-5,14H,6-8H2,(H,15,16,17);2*1H. The van der Waals surface area contributed by atoms with Crippen LogP contribution in [0.3, 0.4) is 0 Å². The fourth-order valence-corrected chi connectivity index (χ4v) is 2.09. The van der Waals surface area contributed by atoms with E-state index in [1.54, 1.807) is 0 Å². The lowest BCUT2D eigenvalue weighted by molar-refractivity contribution is 0.621. The molecule has 3 rings (SSSR count).